The SMILES string of the molecule is COc1c(C)c(C)c(Br)c(C)c1C(=O)CC#N. The summed E-state index contributed by atoms with van der Waals surface area (Å²) in [5, 5.41) is 8.62. The smallest absolute Gasteiger partial charge is 0.180 e. The zero-order valence-corrected chi connectivity index (χ0v) is 11.9. The highest BCUT2D eigenvalue weighted by Crippen LogP contribution is 2.36. The van der Waals surface area contributed by atoms with E-state index in [1.54, 1.807) is 0 Å². The van der Waals surface area contributed by atoms with E-state index in [0.717, 1.165) is 21.2 Å². The topological polar surface area (TPSA) is 50.1 Å². The lowest BCUT2D eigenvalue weighted by Gasteiger charge is -2.17. The van der Waals surface area contributed by atoms with Gasteiger partial charge in [-0.15, -0.1) is 0 Å². The summed E-state index contributed by atoms with van der Waals surface area (Å²) >= 11 is 3.47. The third-order valence-corrected chi connectivity index (χ3v) is 4.08. The molecule has 0 aliphatic rings. The van der Waals surface area contributed by atoms with Gasteiger partial charge in [0.1, 0.15) is 5.75 Å². The van der Waals surface area contributed by atoms with Crippen molar-refractivity contribution in [2.45, 2.75) is 27.2 Å². The molecule has 1 rings (SSSR count). The van der Waals surface area contributed by atoms with E-state index in [-0.39, 0.29) is 12.2 Å². The average Bonchev–Trinajstić information content (AvgIpc) is 2.31. The highest BCUT2D eigenvalue weighted by Gasteiger charge is 2.21. The first-order chi connectivity index (χ1) is 7.95. The molecule has 1 aromatic carbocycles. The Morgan fingerprint density at radius 2 is 1.88 bits per heavy atom. The summed E-state index contributed by atoms with van der Waals surface area (Å²) < 4.78 is 6.21. The molecule has 0 heterocycles. The molecule has 0 aliphatic carbocycles. The van der Waals surface area contributed by atoms with Crippen LogP contribution in [0.15, 0.2) is 4.47 Å². The molecule has 0 fully saturated rings. The van der Waals surface area contributed by atoms with E-state index < -0.39 is 0 Å². The quantitative estimate of drug-likeness (QED) is 0.802. The first kappa shape index (κ1) is 13.7. The molecule has 4 heteroatoms. The largest absolute Gasteiger partial charge is 0.496 e. The van der Waals surface area contributed by atoms with Crippen molar-refractivity contribution in [2.75, 3.05) is 7.11 Å². The summed E-state index contributed by atoms with van der Waals surface area (Å²) in [6.45, 7) is 5.72. The third kappa shape index (κ3) is 2.34. The second kappa shape index (κ2) is 5.33. The minimum atomic E-state index is -0.203. The molecule has 3 nitrogen and oxygen atoms in total. The number of nitrogens with zero attached hydrogens (tertiary/aromatic N) is 1. The van der Waals surface area contributed by atoms with Gasteiger partial charge in [0.15, 0.2) is 5.78 Å². The maximum absolute atomic E-state index is 11.9. The molecule has 0 aromatic heterocycles. The van der Waals surface area contributed by atoms with Gasteiger partial charge in [-0.25, -0.2) is 0 Å². The fourth-order valence-electron chi connectivity index (χ4n) is 1.83. The van der Waals surface area contributed by atoms with Crippen LogP contribution in [0.4, 0.5) is 0 Å². The predicted molar refractivity (Wildman–Crippen MR) is 69.5 cm³/mol. The van der Waals surface area contributed by atoms with Crippen LogP contribution < -0.4 is 4.74 Å². The molecule has 0 aliphatic heterocycles. The van der Waals surface area contributed by atoms with E-state index >= 15 is 0 Å². The van der Waals surface area contributed by atoms with Gasteiger partial charge >= 0.3 is 0 Å². The zero-order valence-electron chi connectivity index (χ0n) is 10.3. The van der Waals surface area contributed by atoms with Crippen molar-refractivity contribution in [3.05, 3.63) is 26.7 Å². The van der Waals surface area contributed by atoms with Gasteiger partial charge in [-0.3, -0.25) is 4.79 Å². The highest BCUT2D eigenvalue weighted by molar-refractivity contribution is 9.10. The number of benzene rings is 1. The predicted octanol–water partition coefficient (Wildman–Crippen LogP) is 3.48. The molecule has 0 spiro atoms. The number of rotatable bonds is 3. The van der Waals surface area contributed by atoms with Gasteiger partial charge in [0, 0.05) is 4.47 Å². The Labute approximate surface area is 110 Å². The molecular formula is C13H14BrNO2. The number of Topliss-reactive ketones (excluding diaryl/α,β-unsaturated/α-hetero) is 1. The number of ketones is 1. The van der Waals surface area contributed by atoms with Gasteiger partial charge in [0.25, 0.3) is 0 Å². The van der Waals surface area contributed by atoms with Gasteiger partial charge < -0.3 is 4.74 Å². The van der Waals surface area contributed by atoms with Crippen molar-refractivity contribution in [1.29, 1.82) is 5.26 Å². The number of hydrogen-bond donors (Lipinski definition) is 0. The van der Waals surface area contributed by atoms with E-state index in [2.05, 4.69) is 15.9 Å². The minimum absolute atomic E-state index is 0.133. The molecule has 0 unspecified atom stereocenters. The summed E-state index contributed by atoms with van der Waals surface area (Å²) in [6.07, 6.45) is -0.133. The number of methoxy groups -OCH3 is 1. The Bertz CT molecular complexity index is 515. The molecule has 0 saturated carbocycles. The second-order valence-corrected chi connectivity index (χ2v) is 4.65. The van der Waals surface area contributed by atoms with Crippen molar-refractivity contribution in [1.82, 2.24) is 0 Å². The first-order valence-electron chi connectivity index (χ1n) is 5.19. The molecule has 1 aromatic rings. The Morgan fingerprint density at radius 3 is 2.35 bits per heavy atom. The first-order valence-corrected chi connectivity index (χ1v) is 5.98. The van der Waals surface area contributed by atoms with Crippen LogP contribution >= 0.6 is 15.9 Å². The maximum Gasteiger partial charge on any atom is 0.180 e. The second-order valence-electron chi connectivity index (χ2n) is 3.86. The summed E-state index contributed by atoms with van der Waals surface area (Å²) in [4.78, 5) is 11.9. The summed E-state index contributed by atoms with van der Waals surface area (Å²) in [5.74, 6) is 0.370. The molecule has 0 amide bonds. The standard InChI is InChI=1S/C13H14BrNO2/c1-7-8(2)13(17-4)11(9(3)12(7)14)10(16)5-6-15/h5H2,1-4H3. The number of ether oxygens (including phenoxy) is 1. The van der Waals surface area contributed by atoms with Crippen molar-refractivity contribution in [3.8, 4) is 11.8 Å². The Morgan fingerprint density at radius 1 is 1.29 bits per heavy atom. The van der Waals surface area contributed by atoms with Crippen molar-refractivity contribution < 1.29 is 9.53 Å². The van der Waals surface area contributed by atoms with E-state index in [1.807, 2.05) is 26.8 Å². The van der Waals surface area contributed by atoms with E-state index in [9.17, 15) is 4.79 Å². The van der Waals surface area contributed by atoms with Gasteiger partial charge in [0.05, 0.1) is 25.2 Å². The van der Waals surface area contributed by atoms with Gasteiger partial charge in [-0.05, 0) is 37.5 Å². The lowest BCUT2D eigenvalue weighted by atomic mass is 9.95. The van der Waals surface area contributed by atoms with E-state index in [0.29, 0.717) is 11.3 Å². The van der Waals surface area contributed by atoms with E-state index in [1.165, 1.54) is 7.11 Å². The van der Waals surface area contributed by atoms with Crippen molar-refractivity contribution in [3.63, 3.8) is 0 Å². The molecule has 17 heavy (non-hydrogen) atoms. The van der Waals surface area contributed by atoms with Crippen LogP contribution in [0.1, 0.15) is 33.5 Å². The van der Waals surface area contributed by atoms with Crippen molar-refractivity contribution in [2.24, 2.45) is 0 Å². The normalized spacial score (nSPS) is 9.88. The van der Waals surface area contributed by atoms with Crippen molar-refractivity contribution >= 4 is 21.7 Å². The number of carbonyl (C=O) groups excluding carboxylic acids is 1. The summed E-state index contributed by atoms with van der Waals surface area (Å²) in [7, 11) is 1.54. The lowest BCUT2D eigenvalue weighted by molar-refractivity contribution is 0.0994. The van der Waals surface area contributed by atoms with Gasteiger partial charge in [-0.1, -0.05) is 15.9 Å². The molecule has 0 saturated heterocycles. The fourth-order valence-corrected chi connectivity index (χ4v) is 2.33. The maximum atomic E-state index is 11.9. The van der Waals surface area contributed by atoms with Gasteiger partial charge in [-0.2, -0.15) is 5.26 Å². The van der Waals surface area contributed by atoms with Crippen LogP contribution in [0.5, 0.6) is 5.75 Å². The lowest BCUT2D eigenvalue weighted by Crippen LogP contribution is -2.07. The number of carbonyl (C=O) groups is 1. The molecule has 0 bridgehead atoms. The molecule has 90 valence electrons. The van der Waals surface area contributed by atoms with Crippen LogP contribution in [-0.4, -0.2) is 12.9 Å². The van der Waals surface area contributed by atoms with Crippen LogP contribution in [0.25, 0.3) is 0 Å². The van der Waals surface area contributed by atoms with E-state index in [4.69, 9.17) is 10.00 Å². The van der Waals surface area contributed by atoms with Crippen LogP contribution in [0.3, 0.4) is 0 Å². The average molecular weight is 296 g/mol. The van der Waals surface area contributed by atoms with Gasteiger partial charge in [0.2, 0.25) is 0 Å². The molecule has 0 radical (unpaired) electrons. The fraction of sp³-hybridized carbons (Fsp3) is 0.385. The minimum Gasteiger partial charge on any atom is -0.496 e. The number of nitriles is 1. The number of halogens is 1. The third-order valence-electron chi connectivity index (χ3n) is 2.89. The van der Waals surface area contributed by atoms with Crippen LogP contribution in [-0.2, 0) is 0 Å². The Balaban J connectivity index is 3.59. The van der Waals surface area contributed by atoms with Crippen LogP contribution in [0, 0.1) is 32.1 Å². The zero-order chi connectivity index (χ0) is 13.2. The summed E-state index contributed by atoms with van der Waals surface area (Å²) in [6, 6.07) is 1.88. The molecular weight excluding hydrogens is 282 g/mol. The Hall–Kier alpha value is -1.34. The summed E-state index contributed by atoms with van der Waals surface area (Å²) in [5.41, 5.74) is 3.30. The van der Waals surface area contributed by atoms with Crippen LogP contribution in [0.2, 0.25) is 0 Å². The molecule has 0 atom stereocenters. The highest BCUT2D eigenvalue weighted by atomic mass is 79.9. The number of hydrogen-bond acceptors (Lipinski definition) is 3. The molecule has 0 N–H and O–H groups in total. The monoisotopic (exact) mass is 295 g/mol. The Kier molecular flexibility index (Phi) is 4.30.